The van der Waals surface area contributed by atoms with Gasteiger partial charge in [-0.3, -0.25) is 14.2 Å². The van der Waals surface area contributed by atoms with Crippen LogP contribution in [-0.4, -0.2) is 16.7 Å². The summed E-state index contributed by atoms with van der Waals surface area (Å²) >= 11 is 0. The lowest BCUT2D eigenvalue weighted by Crippen LogP contribution is -2.53. The summed E-state index contributed by atoms with van der Waals surface area (Å²) in [5.41, 5.74) is 0.326. The number of unbranched alkanes of at least 4 members (excludes halogenated alkanes) is 4. The van der Waals surface area contributed by atoms with Crippen LogP contribution < -0.4 is 26.6 Å². The van der Waals surface area contributed by atoms with Crippen LogP contribution in [0.4, 0.5) is 0 Å². The van der Waals surface area contributed by atoms with Gasteiger partial charge in [-0.25, -0.2) is 0 Å². The summed E-state index contributed by atoms with van der Waals surface area (Å²) in [5.74, 6) is 0.734. The molecule has 1 aromatic heterocycles. The predicted molar refractivity (Wildman–Crippen MR) is 111 cm³/mol. The average Bonchev–Trinajstić information content (AvgIpc) is 2.68. The van der Waals surface area contributed by atoms with E-state index in [0.717, 1.165) is 30.6 Å². The van der Waals surface area contributed by atoms with Gasteiger partial charge < -0.3 is 9.72 Å². The molecule has 0 spiro atoms. The van der Waals surface area contributed by atoms with E-state index in [4.69, 9.17) is 4.74 Å². The number of allylic oxidation sites excluding steroid dienone is 1. The summed E-state index contributed by atoms with van der Waals surface area (Å²) in [7, 11) is 1.60. The molecule has 0 atom stereocenters. The van der Waals surface area contributed by atoms with Crippen molar-refractivity contribution in [2.45, 2.75) is 45.6 Å². The minimum Gasteiger partial charge on any atom is -0.497 e. The van der Waals surface area contributed by atoms with Crippen LogP contribution >= 0.6 is 0 Å². The first kappa shape index (κ1) is 20.5. The molecule has 0 aliphatic rings. The summed E-state index contributed by atoms with van der Waals surface area (Å²) in [4.78, 5) is 28.2. The standard InChI is InChI=1S/C22H28N2O3/c1-4-6-7-8-9-10-19-22(26)24(15-5-2)20(21(25)23-19)16-17-11-13-18(27-3)14-12-17/h5,10-14,16H,2,4,6-9,15H2,1,3H3,(H,23,25)/b19-10-,20-16-. The van der Waals surface area contributed by atoms with E-state index in [1.807, 2.05) is 30.3 Å². The van der Waals surface area contributed by atoms with Crippen molar-refractivity contribution in [2.75, 3.05) is 7.11 Å². The summed E-state index contributed by atoms with van der Waals surface area (Å²) in [6.45, 7) is 6.15. The van der Waals surface area contributed by atoms with Gasteiger partial charge in [0, 0.05) is 6.54 Å². The Labute approximate surface area is 159 Å². The van der Waals surface area contributed by atoms with Crippen LogP contribution in [0.3, 0.4) is 0 Å². The Kier molecular flexibility index (Phi) is 7.86. The van der Waals surface area contributed by atoms with Gasteiger partial charge in [0.05, 0.1) is 7.11 Å². The third kappa shape index (κ3) is 5.58. The van der Waals surface area contributed by atoms with Gasteiger partial charge >= 0.3 is 0 Å². The average molecular weight is 368 g/mol. The van der Waals surface area contributed by atoms with Gasteiger partial charge in [0.2, 0.25) is 0 Å². The van der Waals surface area contributed by atoms with E-state index < -0.39 is 0 Å². The maximum Gasteiger partial charge on any atom is 0.274 e. The first-order valence-electron chi connectivity index (χ1n) is 9.40. The van der Waals surface area contributed by atoms with Crippen molar-refractivity contribution in [3.63, 3.8) is 0 Å². The highest BCUT2D eigenvalue weighted by Crippen LogP contribution is 2.11. The topological polar surface area (TPSA) is 64.1 Å². The maximum atomic E-state index is 12.8. The molecule has 27 heavy (non-hydrogen) atoms. The Hall–Kier alpha value is -2.82. The fourth-order valence-corrected chi connectivity index (χ4v) is 2.88. The normalized spacial score (nSPS) is 12.4. The molecule has 5 heteroatoms. The zero-order valence-electron chi connectivity index (χ0n) is 16.2. The van der Waals surface area contributed by atoms with Crippen molar-refractivity contribution in [3.8, 4) is 5.75 Å². The Bertz CT molecular complexity index is 982. The number of H-pyrrole nitrogens is 1. The highest BCUT2D eigenvalue weighted by molar-refractivity contribution is 5.49. The van der Waals surface area contributed by atoms with E-state index >= 15 is 0 Å². The second-order valence-electron chi connectivity index (χ2n) is 6.43. The van der Waals surface area contributed by atoms with Crippen molar-refractivity contribution in [3.05, 3.63) is 73.9 Å². The van der Waals surface area contributed by atoms with E-state index in [-0.39, 0.29) is 17.7 Å². The van der Waals surface area contributed by atoms with E-state index in [9.17, 15) is 9.59 Å². The fourth-order valence-electron chi connectivity index (χ4n) is 2.88. The Morgan fingerprint density at radius 3 is 2.52 bits per heavy atom. The Morgan fingerprint density at radius 2 is 1.89 bits per heavy atom. The number of nitrogens with zero attached hydrogens (tertiary/aromatic N) is 1. The zero-order valence-corrected chi connectivity index (χ0v) is 16.2. The number of rotatable bonds is 9. The van der Waals surface area contributed by atoms with Gasteiger partial charge in [-0.15, -0.1) is 6.58 Å². The molecule has 0 fully saturated rings. The fraction of sp³-hybridized carbons (Fsp3) is 0.364. The van der Waals surface area contributed by atoms with Gasteiger partial charge in [-0.05, 0) is 36.6 Å². The largest absolute Gasteiger partial charge is 0.497 e. The molecule has 0 aliphatic carbocycles. The van der Waals surface area contributed by atoms with Crippen LogP contribution in [0.1, 0.15) is 44.6 Å². The van der Waals surface area contributed by atoms with E-state index in [2.05, 4.69) is 18.5 Å². The molecular formula is C22H28N2O3. The minimum absolute atomic E-state index is 0.204. The summed E-state index contributed by atoms with van der Waals surface area (Å²) in [6.07, 6.45) is 10.4. The van der Waals surface area contributed by atoms with Gasteiger partial charge in [0.25, 0.3) is 11.1 Å². The lowest BCUT2D eigenvalue weighted by molar-refractivity contribution is 0.415. The summed E-state index contributed by atoms with van der Waals surface area (Å²) < 4.78 is 6.61. The molecule has 0 aliphatic heterocycles. The monoisotopic (exact) mass is 368 g/mol. The smallest absolute Gasteiger partial charge is 0.274 e. The van der Waals surface area contributed by atoms with Crippen LogP contribution in [0.2, 0.25) is 0 Å². The maximum absolute atomic E-state index is 12.8. The van der Waals surface area contributed by atoms with Crippen molar-refractivity contribution in [1.82, 2.24) is 9.55 Å². The van der Waals surface area contributed by atoms with Crippen molar-refractivity contribution < 1.29 is 4.74 Å². The molecule has 0 radical (unpaired) electrons. The van der Waals surface area contributed by atoms with Crippen LogP contribution in [0.15, 0.2) is 46.5 Å². The number of aromatic nitrogens is 2. The van der Waals surface area contributed by atoms with Gasteiger partial charge in [0.1, 0.15) is 16.4 Å². The van der Waals surface area contributed by atoms with Crippen LogP contribution in [0, 0.1) is 0 Å². The number of hydrogen-bond donors (Lipinski definition) is 1. The van der Waals surface area contributed by atoms with Crippen LogP contribution in [0.25, 0.3) is 12.2 Å². The molecule has 0 saturated carbocycles. The minimum atomic E-state index is -0.285. The summed E-state index contributed by atoms with van der Waals surface area (Å²) in [5, 5.41) is 0.665. The number of methoxy groups -OCH3 is 1. The lowest BCUT2D eigenvalue weighted by atomic mass is 10.1. The van der Waals surface area contributed by atoms with Crippen LogP contribution in [-0.2, 0) is 6.54 Å². The molecule has 2 rings (SSSR count). The second kappa shape index (κ2) is 10.4. The van der Waals surface area contributed by atoms with Gasteiger partial charge in [-0.2, -0.15) is 0 Å². The summed E-state index contributed by atoms with van der Waals surface area (Å²) in [6, 6.07) is 7.31. The van der Waals surface area contributed by atoms with Crippen molar-refractivity contribution in [1.29, 1.82) is 0 Å². The third-order valence-electron chi connectivity index (χ3n) is 4.38. The molecule has 0 saturated heterocycles. The number of nitrogens with one attached hydrogen (secondary N) is 1. The first-order valence-corrected chi connectivity index (χ1v) is 9.40. The molecule has 144 valence electrons. The Morgan fingerprint density at radius 1 is 1.15 bits per heavy atom. The number of benzene rings is 1. The molecular weight excluding hydrogens is 340 g/mol. The van der Waals surface area contributed by atoms with E-state index in [0.29, 0.717) is 10.7 Å². The number of ether oxygens (including phenoxy) is 1. The molecule has 1 aromatic carbocycles. The molecule has 5 nitrogen and oxygen atoms in total. The van der Waals surface area contributed by atoms with E-state index in [1.54, 1.807) is 19.3 Å². The highest BCUT2D eigenvalue weighted by atomic mass is 16.5. The second-order valence-corrected chi connectivity index (χ2v) is 6.43. The molecule has 1 heterocycles. The molecule has 1 N–H and O–H groups in total. The zero-order chi connectivity index (χ0) is 19.6. The lowest BCUT2D eigenvalue weighted by Gasteiger charge is -2.05. The predicted octanol–water partition coefficient (Wildman–Crippen LogP) is 2.31. The molecule has 0 amide bonds. The number of aromatic amines is 1. The van der Waals surface area contributed by atoms with Crippen LogP contribution in [0.5, 0.6) is 5.75 Å². The SMILES string of the molecule is C=CCn1c(=O)/c(=C/CCCCCC)[nH]c(=O)/c1=C/c1ccc(OC)cc1. The molecule has 0 unspecified atom stereocenters. The molecule has 2 aromatic rings. The van der Waals surface area contributed by atoms with E-state index in [1.165, 1.54) is 17.4 Å². The van der Waals surface area contributed by atoms with Gasteiger partial charge in [0.15, 0.2) is 0 Å². The highest BCUT2D eigenvalue weighted by Gasteiger charge is 2.04. The molecule has 0 bridgehead atoms. The van der Waals surface area contributed by atoms with Gasteiger partial charge in [-0.1, -0.05) is 50.5 Å². The quantitative estimate of drug-likeness (QED) is 0.546. The Balaban J connectivity index is 2.48. The number of hydrogen-bond acceptors (Lipinski definition) is 3. The van der Waals surface area contributed by atoms with Crippen molar-refractivity contribution >= 4 is 12.2 Å². The van der Waals surface area contributed by atoms with Crippen molar-refractivity contribution in [2.24, 2.45) is 0 Å². The third-order valence-corrected chi connectivity index (χ3v) is 4.38. The first-order chi connectivity index (χ1) is 13.1.